The van der Waals surface area contributed by atoms with Crippen LogP contribution in [0.5, 0.6) is 5.75 Å². The van der Waals surface area contributed by atoms with Crippen molar-refractivity contribution >= 4 is 38.5 Å². The number of carbonyl (C=O) groups is 1. The first kappa shape index (κ1) is 17.4. The van der Waals surface area contributed by atoms with Crippen LogP contribution in [0.25, 0.3) is 10.2 Å². The summed E-state index contributed by atoms with van der Waals surface area (Å²) in [5.74, 6) is -1.17. The second kappa shape index (κ2) is 6.97. The summed E-state index contributed by atoms with van der Waals surface area (Å²) in [7, 11) is 2.10. The van der Waals surface area contributed by atoms with Crippen LogP contribution in [0.15, 0.2) is 34.7 Å². The van der Waals surface area contributed by atoms with Crippen LogP contribution in [0, 0.1) is 10.1 Å². The van der Waals surface area contributed by atoms with Crippen LogP contribution >= 0.6 is 11.3 Å². The van der Waals surface area contributed by atoms with Gasteiger partial charge in [0.15, 0.2) is 5.13 Å². The Balaban J connectivity index is 1.51. The van der Waals surface area contributed by atoms with Gasteiger partial charge in [-0.3, -0.25) is 10.1 Å². The predicted molar refractivity (Wildman–Crippen MR) is 99.7 cm³/mol. The van der Waals surface area contributed by atoms with Crippen LogP contribution in [0.4, 0.5) is 11.0 Å². The summed E-state index contributed by atoms with van der Waals surface area (Å²) in [4.78, 5) is 31.2. The van der Waals surface area contributed by atoms with Crippen molar-refractivity contribution < 1.29 is 18.9 Å². The number of fused-ring (bicyclic) bond motifs is 1. The first-order valence-corrected chi connectivity index (χ1v) is 9.12. The molecule has 140 valence electrons. The molecule has 0 unspecified atom stereocenters. The summed E-state index contributed by atoms with van der Waals surface area (Å²) in [6.45, 7) is 3.84. The van der Waals surface area contributed by atoms with Crippen LogP contribution in [0.3, 0.4) is 0 Å². The molecule has 27 heavy (non-hydrogen) atoms. The average Bonchev–Trinajstić information content (AvgIpc) is 3.29. The number of benzene rings is 1. The highest BCUT2D eigenvalue weighted by Crippen LogP contribution is 2.32. The number of carbonyl (C=O) groups excluding carboxylic acids is 1. The highest BCUT2D eigenvalue weighted by Gasteiger charge is 2.20. The average molecular weight is 388 g/mol. The summed E-state index contributed by atoms with van der Waals surface area (Å²) >= 11 is 1.54. The van der Waals surface area contributed by atoms with Gasteiger partial charge in [0.25, 0.3) is 0 Å². The van der Waals surface area contributed by atoms with E-state index in [-0.39, 0.29) is 5.76 Å². The third kappa shape index (κ3) is 3.62. The van der Waals surface area contributed by atoms with E-state index in [0.29, 0.717) is 5.75 Å². The third-order valence-electron chi connectivity index (χ3n) is 4.31. The molecular weight excluding hydrogens is 372 g/mol. The number of esters is 1. The van der Waals surface area contributed by atoms with E-state index in [1.54, 1.807) is 29.5 Å². The SMILES string of the molecule is CN1CCN(c2nc3ccc(OC(=O)c4ccc([N+](=O)[O-])o4)cc3s2)CC1. The molecular formula is C17H16N4O5S. The van der Waals surface area contributed by atoms with Crippen molar-refractivity contribution in [3.8, 4) is 5.75 Å². The van der Waals surface area contributed by atoms with Crippen molar-refractivity contribution in [2.45, 2.75) is 0 Å². The second-order valence-electron chi connectivity index (χ2n) is 6.20. The van der Waals surface area contributed by atoms with Gasteiger partial charge in [0.05, 0.1) is 16.3 Å². The Hall–Kier alpha value is -2.98. The van der Waals surface area contributed by atoms with Gasteiger partial charge in [-0.1, -0.05) is 11.3 Å². The number of thiazole rings is 1. The minimum absolute atomic E-state index is 0.218. The van der Waals surface area contributed by atoms with Gasteiger partial charge in [0, 0.05) is 32.2 Å². The topological polar surface area (TPSA) is 102 Å². The first-order chi connectivity index (χ1) is 13.0. The molecule has 10 heteroatoms. The van der Waals surface area contributed by atoms with Crippen LogP contribution in [0.2, 0.25) is 0 Å². The van der Waals surface area contributed by atoms with Crippen LogP contribution in [-0.2, 0) is 0 Å². The maximum absolute atomic E-state index is 12.1. The molecule has 0 aliphatic carbocycles. The highest BCUT2D eigenvalue weighted by molar-refractivity contribution is 7.22. The molecule has 1 aliphatic heterocycles. The van der Waals surface area contributed by atoms with Gasteiger partial charge in [0.2, 0.25) is 5.76 Å². The number of aromatic nitrogens is 1. The van der Waals surface area contributed by atoms with E-state index in [1.807, 2.05) is 0 Å². The number of anilines is 1. The zero-order chi connectivity index (χ0) is 19.0. The largest absolute Gasteiger partial charge is 0.433 e. The monoisotopic (exact) mass is 388 g/mol. The number of piperazine rings is 1. The quantitative estimate of drug-likeness (QED) is 0.291. The molecule has 0 bridgehead atoms. The molecule has 0 saturated carbocycles. The second-order valence-corrected chi connectivity index (χ2v) is 7.21. The Kier molecular flexibility index (Phi) is 4.50. The lowest BCUT2D eigenvalue weighted by Gasteiger charge is -2.31. The Morgan fingerprint density at radius 1 is 1.26 bits per heavy atom. The molecule has 0 amide bonds. The zero-order valence-corrected chi connectivity index (χ0v) is 15.3. The van der Waals surface area contributed by atoms with Gasteiger partial charge in [-0.15, -0.1) is 0 Å². The van der Waals surface area contributed by atoms with Crippen molar-refractivity contribution in [1.29, 1.82) is 0 Å². The summed E-state index contributed by atoms with van der Waals surface area (Å²) < 4.78 is 11.0. The van der Waals surface area contributed by atoms with Crippen LogP contribution < -0.4 is 9.64 Å². The van der Waals surface area contributed by atoms with E-state index in [2.05, 4.69) is 21.8 Å². The number of hydrogen-bond donors (Lipinski definition) is 0. The molecule has 2 aromatic heterocycles. The van der Waals surface area contributed by atoms with Crippen molar-refractivity contribution in [2.75, 3.05) is 38.1 Å². The van der Waals surface area contributed by atoms with Crippen molar-refractivity contribution in [2.24, 2.45) is 0 Å². The first-order valence-electron chi connectivity index (χ1n) is 8.30. The van der Waals surface area contributed by atoms with Gasteiger partial charge in [-0.05, 0) is 25.2 Å². The molecule has 1 aliphatic rings. The summed E-state index contributed by atoms with van der Waals surface area (Å²) in [6, 6.07) is 7.51. The van der Waals surface area contributed by atoms with E-state index in [4.69, 9.17) is 9.15 Å². The Labute approximate surface area is 157 Å². The van der Waals surface area contributed by atoms with Gasteiger partial charge in [0.1, 0.15) is 10.7 Å². The van der Waals surface area contributed by atoms with Crippen molar-refractivity contribution in [1.82, 2.24) is 9.88 Å². The molecule has 1 fully saturated rings. The van der Waals surface area contributed by atoms with E-state index in [9.17, 15) is 14.9 Å². The van der Waals surface area contributed by atoms with Crippen LogP contribution in [-0.4, -0.2) is 54.0 Å². The normalized spacial score (nSPS) is 15.2. The number of hydrogen-bond acceptors (Lipinski definition) is 9. The lowest BCUT2D eigenvalue weighted by Crippen LogP contribution is -2.44. The van der Waals surface area contributed by atoms with Gasteiger partial charge in [-0.2, -0.15) is 0 Å². The molecule has 1 aromatic carbocycles. The molecule has 3 heterocycles. The molecule has 0 radical (unpaired) electrons. The molecule has 0 spiro atoms. The minimum atomic E-state index is -0.786. The number of likely N-dealkylation sites (N-methyl/N-ethyl adjacent to an activating group) is 1. The summed E-state index contributed by atoms with van der Waals surface area (Å²) in [6.07, 6.45) is 0. The van der Waals surface area contributed by atoms with Gasteiger partial charge >= 0.3 is 11.9 Å². The predicted octanol–water partition coefficient (Wildman–Crippen LogP) is 2.77. The minimum Gasteiger partial charge on any atom is -0.421 e. The van der Waals surface area contributed by atoms with E-state index in [1.165, 1.54) is 6.07 Å². The van der Waals surface area contributed by atoms with Crippen molar-refractivity contribution in [3.05, 3.63) is 46.2 Å². The standard InChI is InChI=1S/C17H16N4O5S/c1-19-6-8-20(9-7-19)17-18-12-3-2-11(10-14(12)27-17)25-16(22)13-4-5-15(26-13)21(23)24/h2-5,10H,6-9H2,1H3. The smallest absolute Gasteiger partial charge is 0.421 e. The molecule has 4 rings (SSSR count). The van der Waals surface area contributed by atoms with E-state index in [0.717, 1.165) is 47.6 Å². The Morgan fingerprint density at radius 2 is 2.04 bits per heavy atom. The number of ether oxygens (including phenoxy) is 1. The number of rotatable bonds is 4. The molecule has 1 saturated heterocycles. The maximum atomic E-state index is 12.1. The third-order valence-corrected chi connectivity index (χ3v) is 5.38. The molecule has 0 atom stereocenters. The summed E-state index contributed by atoms with van der Waals surface area (Å²) in [5, 5.41) is 11.6. The fourth-order valence-corrected chi connectivity index (χ4v) is 3.83. The lowest BCUT2D eigenvalue weighted by molar-refractivity contribution is -0.402. The van der Waals surface area contributed by atoms with Crippen molar-refractivity contribution in [3.63, 3.8) is 0 Å². The molecule has 0 N–H and O–H groups in total. The molecule has 9 nitrogen and oxygen atoms in total. The fourth-order valence-electron chi connectivity index (χ4n) is 2.78. The summed E-state index contributed by atoms with van der Waals surface area (Å²) in [5.41, 5.74) is 0.836. The van der Waals surface area contributed by atoms with Crippen LogP contribution in [0.1, 0.15) is 10.6 Å². The fraction of sp³-hybridized carbons (Fsp3) is 0.294. The maximum Gasteiger partial charge on any atom is 0.433 e. The Morgan fingerprint density at radius 3 is 2.74 bits per heavy atom. The molecule has 3 aromatic rings. The number of furan rings is 1. The van der Waals surface area contributed by atoms with E-state index < -0.39 is 16.8 Å². The van der Waals surface area contributed by atoms with Gasteiger partial charge in [-0.25, -0.2) is 9.78 Å². The number of nitrogens with zero attached hydrogens (tertiary/aromatic N) is 4. The number of nitro groups is 1. The zero-order valence-electron chi connectivity index (χ0n) is 14.5. The Bertz CT molecular complexity index is 1010. The lowest BCUT2D eigenvalue weighted by atomic mass is 10.3. The van der Waals surface area contributed by atoms with Gasteiger partial charge < -0.3 is 19.0 Å². The highest BCUT2D eigenvalue weighted by atomic mass is 32.1. The van der Waals surface area contributed by atoms with E-state index >= 15 is 0 Å².